The number of carboxylic acid groups (broad SMARTS) is 1. The molecule has 1 saturated carbocycles. The number of aliphatic hydroxyl groups is 3. The molecule has 0 aromatic heterocycles. The van der Waals surface area contributed by atoms with E-state index in [1.165, 1.54) is 0 Å². The molecule has 0 aromatic rings. The van der Waals surface area contributed by atoms with Gasteiger partial charge in [0, 0.05) is 18.8 Å². The summed E-state index contributed by atoms with van der Waals surface area (Å²) in [5.41, 5.74) is 0. The number of aliphatic hydroxyl groups excluding tert-OH is 3. The van der Waals surface area contributed by atoms with Gasteiger partial charge in [0.05, 0.1) is 18.3 Å². The quantitative estimate of drug-likeness (QED) is 0.300. The van der Waals surface area contributed by atoms with Gasteiger partial charge in [0.15, 0.2) is 0 Å². The molecule has 0 radical (unpaired) electrons. The van der Waals surface area contributed by atoms with Gasteiger partial charge in [0.25, 0.3) is 0 Å². The van der Waals surface area contributed by atoms with Crippen molar-refractivity contribution in [1.29, 1.82) is 0 Å². The molecule has 5 nitrogen and oxygen atoms in total. The third-order valence-electron chi connectivity index (χ3n) is 5.25. The number of hydrogen-bond donors (Lipinski definition) is 4. The van der Waals surface area contributed by atoms with Gasteiger partial charge < -0.3 is 20.4 Å². The smallest absolute Gasteiger partial charge is 0.303 e. The largest absolute Gasteiger partial charge is 0.481 e. The Labute approximate surface area is 151 Å². The Balaban J connectivity index is 2.31. The fourth-order valence-electron chi connectivity index (χ4n) is 3.74. The molecule has 25 heavy (non-hydrogen) atoms. The van der Waals surface area contributed by atoms with Gasteiger partial charge in [-0.1, -0.05) is 57.6 Å². The van der Waals surface area contributed by atoms with Crippen molar-refractivity contribution >= 4 is 5.97 Å². The van der Waals surface area contributed by atoms with E-state index in [1.807, 2.05) is 6.08 Å². The number of aliphatic carboxylic acids is 1. The first-order valence-electron chi connectivity index (χ1n) is 9.90. The Morgan fingerprint density at radius 3 is 2.48 bits per heavy atom. The van der Waals surface area contributed by atoms with Crippen molar-refractivity contribution in [3.63, 3.8) is 0 Å². The van der Waals surface area contributed by atoms with Crippen LogP contribution in [0.4, 0.5) is 0 Å². The molecule has 0 aromatic carbocycles. The number of carboxylic acids is 1. The Morgan fingerprint density at radius 1 is 1.08 bits per heavy atom. The predicted octanol–water partition coefficient (Wildman–Crippen LogP) is 3.27. The SMILES string of the molecule is CCCCC[C@@H]1[C@H](/C=C/[C@H](O)CCCCCCC(=O)O)[C@H](O)C[C@@H]1O. The van der Waals surface area contributed by atoms with Crippen molar-refractivity contribution in [2.24, 2.45) is 11.8 Å². The lowest BCUT2D eigenvalue weighted by Gasteiger charge is -2.21. The van der Waals surface area contributed by atoms with Gasteiger partial charge in [0.1, 0.15) is 0 Å². The van der Waals surface area contributed by atoms with Crippen molar-refractivity contribution in [3.05, 3.63) is 12.2 Å². The molecule has 0 amide bonds. The van der Waals surface area contributed by atoms with E-state index in [0.717, 1.165) is 44.9 Å². The summed E-state index contributed by atoms with van der Waals surface area (Å²) < 4.78 is 0. The minimum atomic E-state index is -0.756. The van der Waals surface area contributed by atoms with Crippen molar-refractivity contribution < 1.29 is 25.2 Å². The zero-order chi connectivity index (χ0) is 18.7. The van der Waals surface area contributed by atoms with E-state index in [4.69, 9.17) is 5.11 Å². The fourth-order valence-corrected chi connectivity index (χ4v) is 3.74. The maximum absolute atomic E-state index is 10.4. The first-order valence-corrected chi connectivity index (χ1v) is 9.90. The molecule has 0 spiro atoms. The molecule has 1 rings (SSSR count). The van der Waals surface area contributed by atoms with E-state index < -0.39 is 24.3 Å². The predicted molar refractivity (Wildman–Crippen MR) is 98.2 cm³/mol. The normalized spacial score (nSPS) is 27.8. The second kappa shape index (κ2) is 12.4. The summed E-state index contributed by atoms with van der Waals surface area (Å²) in [6.07, 6.45) is 11.0. The van der Waals surface area contributed by atoms with E-state index >= 15 is 0 Å². The summed E-state index contributed by atoms with van der Waals surface area (Å²) >= 11 is 0. The molecule has 5 atom stereocenters. The molecule has 0 bridgehead atoms. The highest BCUT2D eigenvalue weighted by Crippen LogP contribution is 2.37. The van der Waals surface area contributed by atoms with Gasteiger partial charge in [-0.2, -0.15) is 0 Å². The molecule has 1 aliphatic rings. The summed E-state index contributed by atoms with van der Waals surface area (Å²) in [7, 11) is 0. The summed E-state index contributed by atoms with van der Waals surface area (Å²) in [6.45, 7) is 2.15. The van der Waals surface area contributed by atoms with Gasteiger partial charge in [-0.3, -0.25) is 4.79 Å². The molecular weight excluding hydrogens is 320 g/mol. The van der Waals surface area contributed by atoms with Crippen LogP contribution in [-0.2, 0) is 4.79 Å². The zero-order valence-electron chi connectivity index (χ0n) is 15.5. The summed E-state index contributed by atoms with van der Waals surface area (Å²) in [4.78, 5) is 10.4. The van der Waals surface area contributed by atoms with E-state index in [-0.39, 0.29) is 18.3 Å². The van der Waals surface area contributed by atoms with Gasteiger partial charge >= 0.3 is 5.97 Å². The molecule has 0 aliphatic heterocycles. The minimum Gasteiger partial charge on any atom is -0.481 e. The summed E-state index contributed by atoms with van der Waals surface area (Å²) in [6, 6.07) is 0. The first kappa shape index (κ1) is 22.1. The number of carbonyl (C=O) groups is 1. The maximum Gasteiger partial charge on any atom is 0.303 e. The van der Waals surface area contributed by atoms with Crippen molar-refractivity contribution in [1.82, 2.24) is 0 Å². The lowest BCUT2D eigenvalue weighted by Crippen LogP contribution is -2.21. The Kier molecular flexibility index (Phi) is 11.0. The number of hydrogen-bond acceptors (Lipinski definition) is 4. The van der Waals surface area contributed by atoms with Crippen LogP contribution in [0.3, 0.4) is 0 Å². The summed E-state index contributed by atoms with van der Waals surface area (Å²) in [5.74, 6) is -0.744. The highest BCUT2D eigenvalue weighted by molar-refractivity contribution is 5.66. The maximum atomic E-state index is 10.4. The third kappa shape index (κ3) is 8.84. The highest BCUT2D eigenvalue weighted by atomic mass is 16.4. The van der Waals surface area contributed by atoms with Crippen LogP contribution in [0.1, 0.15) is 77.6 Å². The molecule has 0 heterocycles. The van der Waals surface area contributed by atoms with Crippen LogP contribution in [0.2, 0.25) is 0 Å². The number of rotatable bonds is 13. The van der Waals surface area contributed by atoms with Crippen LogP contribution < -0.4 is 0 Å². The van der Waals surface area contributed by atoms with Crippen LogP contribution in [0.15, 0.2) is 12.2 Å². The molecular formula is C20H36O5. The monoisotopic (exact) mass is 356 g/mol. The van der Waals surface area contributed by atoms with E-state index in [2.05, 4.69) is 6.92 Å². The Hall–Kier alpha value is -0.910. The average Bonchev–Trinajstić information content (AvgIpc) is 2.82. The zero-order valence-corrected chi connectivity index (χ0v) is 15.5. The minimum absolute atomic E-state index is 0.0722. The second-order valence-corrected chi connectivity index (χ2v) is 7.41. The topological polar surface area (TPSA) is 98.0 Å². The van der Waals surface area contributed by atoms with Gasteiger partial charge in [0.2, 0.25) is 0 Å². The second-order valence-electron chi connectivity index (χ2n) is 7.41. The van der Waals surface area contributed by atoms with Crippen molar-refractivity contribution in [3.8, 4) is 0 Å². The van der Waals surface area contributed by atoms with Gasteiger partial charge in [-0.05, 0) is 25.2 Å². The molecule has 0 unspecified atom stereocenters. The van der Waals surface area contributed by atoms with Gasteiger partial charge in [-0.15, -0.1) is 0 Å². The van der Waals surface area contributed by atoms with Crippen LogP contribution >= 0.6 is 0 Å². The molecule has 146 valence electrons. The highest BCUT2D eigenvalue weighted by Gasteiger charge is 2.39. The number of unbranched alkanes of at least 4 members (excludes halogenated alkanes) is 5. The summed E-state index contributed by atoms with van der Waals surface area (Å²) in [5, 5.41) is 39.0. The standard InChI is InChI=1S/C20H36O5/c1-2-3-6-10-16-17(19(23)14-18(16)22)13-12-15(21)9-7-4-5-8-11-20(24)25/h12-13,15-19,21-23H,2-11,14H2,1H3,(H,24,25)/b13-12+/t15-,16-,17+,18+,19-/m1/s1. The Bertz CT molecular complexity index is 396. The Morgan fingerprint density at radius 2 is 1.80 bits per heavy atom. The van der Waals surface area contributed by atoms with Crippen LogP contribution in [0, 0.1) is 11.8 Å². The molecule has 1 fully saturated rings. The lowest BCUT2D eigenvalue weighted by molar-refractivity contribution is -0.137. The van der Waals surface area contributed by atoms with Crippen molar-refractivity contribution in [2.45, 2.75) is 95.9 Å². The molecule has 0 saturated heterocycles. The first-order chi connectivity index (χ1) is 12.0. The van der Waals surface area contributed by atoms with E-state index in [0.29, 0.717) is 19.3 Å². The fraction of sp³-hybridized carbons (Fsp3) is 0.850. The van der Waals surface area contributed by atoms with E-state index in [9.17, 15) is 20.1 Å². The van der Waals surface area contributed by atoms with Gasteiger partial charge in [-0.25, -0.2) is 0 Å². The van der Waals surface area contributed by atoms with E-state index in [1.54, 1.807) is 6.08 Å². The third-order valence-corrected chi connectivity index (χ3v) is 5.25. The molecule has 4 N–H and O–H groups in total. The van der Waals surface area contributed by atoms with Crippen LogP contribution in [0.25, 0.3) is 0 Å². The lowest BCUT2D eigenvalue weighted by atomic mass is 9.88. The average molecular weight is 357 g/mol. The molecule has 1 aliphatic carbocycles. The van der Waals surface area contributed by atoms with Crippen molar-refractivity contribution in [2.75, 3.05) is 0 Å². The molecule has 5 heteroatoms. The van der Waals surface area contributed by atoms with Crippen LogP contribution in [0.5, 0.6) is 0 Å². The van der Waals surface area contributed by atoms with Crippen LogP contribution in [-0.4, -0.2) is 44.7 Å².